The summed E-state index contributed by atoms with van der Waals surface area (Å²) < 4.78 is 0. The lowest BCUT2D eigenvalue weighted by Crippen LogP contribution is -2.56. The zero-order valence-electron chi connectivity index (χ0n) is 10.2. The van der Waals surface area contributed by atoms with Crippen LogP contribution in [0.4, 0.5) is 0 Å². The Bertz CT molecular complexity index is 270. The normalized spacial score (nSPS) is 34.8. The molecule has 0 spiro atoms. The third-order valence-corrected chi connectivity index (χ3v) is 4.00. The van der Waals surface area contributed by atoms with E-state index in [4.69, 9.17) is 0 Å². The summed E-state index contributed by atoms with van der Waals surface area (Å²) in [5.74, 6) is 0.123. The summed E-state index contributed by atoms with van der Waals surface area (Å²) in [5, 5.41) is 10.1. The monoisotopic (exact) mass is 226 g/mol. The van der Waals surface area contributed by atoms with Crippen molar-refractivity contribution in [1.82, 2.24) is 9.80 Å². The van der Waals surface area contributed by atoms with Crippen LogP contribution in [0, 0.1) is 0 Å². The highest BCUT2D eigenvalue weighted by Gasteiger charge is 2.39. The molecule has 3 atom stereocenters. The Morgan fingerprint density at radius 2 is 2.31 bits per heavy atom. The Morgan fingerprint density at radius 3 is 2.94 bits per heavy atom. The topological polar surface area (TPSA) is 43.8 Å². The standard InChI is InChI=1S/C12H22N2O2/c1-3-14(9(2)15)10-7-12(16)11-5-4-6-13(11)8-10/h10-12,16H,3-8H2,1-2H3. The number of carbonyl (C=O) groups excluding carboxylic acids is 1. The van der Waals surface area contributed by atoms with E-state index in [9.17, 15) is 9.90 Å². The molecule has 2 heterocycles. The fraction of sp³-hybridized carbons (Fsp3) is 0.917. The lowest BCUT2D eigenvalue weighted by Gasteiger charge is -2.42. The highest BCUT2D eigenvalue weighted by atomic mass is 16.3. The molecule has 0 aliphatic carbocycles. The molecule has 4 nitrogen and oxygen atoms in total. The van der Waals surface area contributed by atoms with Crippen LogP contribution < -0.4 is 0 Å². The lowest BCUT2D eigenvalue weighted by atomic mass is 9.94. The number of likely N-dealkylation sites (N-methyl/N-ethyl adjacent to an activating group) is 1. The van der Waals surface area contributed by atoms with Crippen molar-refractivity contribution in [3.8, 4) is 0 Å². The molecule has 0 aromatic carbocycles. The first-order valence-electron chi connectivity index (χ1n) is 6.32. The second-order valence-electron chi connectivity index (χ2n) is 4.97. The smallest absolute Gasteiger partial charge is 0.219 e. The van der Waals surface area contributed by atoms with E-state index in [-0.39, 0.29) is 18.1 Å². The highest BCUT2D eigenvalue weighted by Crippen LogP contribution is 2.29. The Morgan fingerprint density at radius 1 is 1.56 bits per heavy atom. The van der Waals surface area contributed by atoms with Gasteiger partial charge in [-0.15, -0.1) is 0 Å². The predicted molar refractivity (Wildman–Crippen MR) is 62.1 cm³/mol. The van der Waals surface area contributed by atoms with Gasteiger partial charge in [-0.25, -0.2) is 0 Å². The molecule has 3 unspecified atom stereocenters. The van der Waals surface area contributed by atoms with Crippen LogP contribution >= 0.6 is 0 Å². The number of hydrogen-bond donors (Lipinski definition) is 1. The predicted octanol–water partition coefficient (Wildman–Crippen LogP) is 0.452. The number of nitrogens with zero attached hydrogens (tertiary/aromatic N) is 2. The molecule has 1 N–H and O–H groups in total. The number of aliphatic hydroxyl groups is 1. The second-order valence-corrected chi connectivity index (χ2v) is 4.97. The van der Waals surface area contributed by atoms with Crippen LogP contribution in [0.25, 0.3) is 0 Å². The summed E-state index contributed by atoms with van der Waals surface area (Å²) >= 11 is 0. The van der Waals surface area contributed by atoms with Crippen LogP contribution in [-0.2, 0) is 4.79 Å². The SMILES string of the molecule is CCN(C(C)=O)C1CC(O)C2CCCN2C1. The Kier molecular flexibility index (Phi) is 3.50. The molecule has 0 saturated carbocycles. The van der Waals surface area contributed by atoms with Crippen LogP contribution in [-0.4, -0.2) is 58.6 Å². The maximum atomic E-state index is 11.5. The molecular formula is C12H22N2O2. The summed E-state index contributed by atoms with van der Waals surface area (Å²) in [7, 11) is 0. The third kappa shape index (κ3) is 2.09. The van der Waals surface area contributed by atoms with Gasteiger partial charge in [-0.3, -0.25) is 9.69 Å². The molecule has 0 bridgehead atoms. The average molecular weight is 226 g/mol. The first-order chi connectivity index (χ1) is 7.63. The number of piperidine rings is 1. The van der Waals surface area contributed by atoms with E-state index >= 15 is 0 Å². The van der Waals surface area contributed by atoms with E-state index in [1.165, 1.54) is 6.42 Å². The largest absolute Gasteiger partial charge is 0.391 e. The van der Waals surface area contributed by atoms with Gasteiger partial charge in [0.25, 0.3) is 0 Å². The van der Waals surface area contributed by atoms with Crippen LogP contribution in [0.2, 0.25) is 0 Å². The fourth-order valence-corrected chi connectivity index (χ4v) is 3.26. The molecule has 1 amide bonds. The van der Waals surface area contributed by atoms with Gasteiger partial charge in [0, 0.05) is 32.1 Å². The van der Waals surface area contributed by atoms with E-state index in [2.05, 4.69) is 4.90 Å². The number of carbonyl (C=O) groups is 1. The minimum Gasteiger partial charge on any atom is -0.391 e. The lowest BCUT2D eigenvalue weighted by molar-refractivity contribution is -0.133. The van der Waals surface area contributed by atoms with Crippen molar-refractivity contribution < 1.29 is 9.90 Å². The molecule has 2 aliphatic heterocycles. The maximum Gasteiger partial charge on any atom is 0.219 e. The first kappa shape index (κ1) is 11.9. The van der Waals surface area contributed by atoms with E-state index in [1.54, 1.807) is 6.92 Å². The van der Waals surface area contributed by atoms with Gasteiger partial charge in [0.2, 0.25) is 5.91 Å². The number of aliphatic hydroxyl groups excluding tert-OH is 1. The molecule has 16 heavy (non-hydrogen) atoms. The molecule has 0 radical (unpaired) electrons. The van der Waals surface area contributed by atoms with Crippen molar-refractivity contribution in [2.24, 2.45) is 0 Å². The minimum atomic E-state index is -0.255. The maximum absolute atomic E-state index is 11.5. The minimum absolute atomic E-state index is 0.123. The molecule has 0 aromatic rings. The Hall–Kier alpha value is -0.610. The molecular weight excluding hydrogens is 204 g/mol. The van der Waals surface area contributed by atoms with Crippen LogP contribution in [0.15, 0.2) is 0 Å². The van der Waals surface area contributed by atoms with Gasteiger partial charge in [-0.05, 0) is 32.7 Å². The number of amides is 1. The molecule has 2 saturated heterocycles. The van der Waals surface area contributed by atoms with E-state index < -0.39 is 0 Å². The molecule has 2 aliphatic rings. The van der Waals surface area contributed by atoms with Gasteiger partial charge >= 0.3 is 0 Å². The Balaban J connectivity index is 2.04. The summed E-state index contributed by atoms with van der Waals surface area (Å²) in [4.78, 5) is 15.7. The summed E-state index contributed by atoms with van der Waals surface area (Å²) in [5.41, 5.74) is 0. The van der Waals surface area contributed by atoms with Gasteiger partial charge < -0.3 is 10.0 Å². The second kappa shape index (κ2) is 4.72. The van der Waals surface area contributed by atoms with Gasteiger partial charge in [-0.2, -0.15) is 0 Å². The highest BCUT2D eigenvalue weighted by molar-refractivity contribution is 5.73. The molecule has 2 rings (SSSR count). The van der Waals surface area contributed by atoms with Crippen molar-refractivity contribution in [2.45, 2.75) is 51.3 Å². The van der Waals surface area contributed by atoms with Crippen molar-refractivity contribution in [3.05, 3.63) is 0 Å². The number of fused-ring (bicyclic) bond motifs is 1. The number of hydrogen-bond acceptors (Lipinski definition) is 3. The summed E-state index contributed by atoms with van der Waals surface area (Å²) in [6.45, 7) is 6.38. The molecule has 2 fully saturated rings. The van der Waals surface area contributed by atoms with Crippen LogP contribution in [0.3, 0.4) is 0 Å². The average Bonchev–Trinajstić information content (AvgIpc) is 2.66. The zero-order chi connectivity index (χ0) is 11.7. The van der Waals surface area contributed by atoms with Crippen LogP contribution in [0.1, 0.15) is 33.1 Å². The molecule has 92 valence electrons. The van der Waals surface area contributed by atoms with E-state index in [0.29, 0.717) is 6.04 Å². The third-order valence-electron chi connectivity index (χ3n) is 4.00. The molecule has 0 aromatic heterocycles. The Labute approximate surface area is 97.2 Å². The van der Waals surface area contributed by atoms with Crippen molar-refractivity contribution in [2.75, 3.05) is 19.6 Å². The van der Waals surface area contributed by atoms with Crippen LogP contribution in [0.5, 0.6) is 0 Å². The van der Waals surface area contributed by atoms with Crippen molar-refractivity contribution in [3.63, 3.8) is 0 Å². The zero-order valence-corrected chi connectivity index (χ0v) is 10.2. The first-order valence-corrected chi connectivity index (χ1v) is 6.32. The fourth-order valence-electron chi connectivity index (χ4n) is 3.26. The van der Waals surface area contributed by atoms with E-state index in [1.807, 2.05) is 11.8 Å². The van der Waals surface area contributed by atoms with Gasteiger partial charge in [0.15, 0.2) is 0 Å². The quantitative estimate of drug-likeness (QED) is 0.743. The van der Waals surface area contributed by atoms with Crippen molar-refractivity contribution >= 4 is 5.91 Å². The van der Waals surface area contributed by atoms with E-state index in [0.717, 1.165) is 32.5 Å². The summed E-state index contributed by atoms with van der Waals surface area (Å²) in [6, 6.07) is 0.550. The van der Waals surface area contributed by atoms with Crippen molar-refractivity contribution in [1.29, 1.82) is 0 Å². The summed E-state index contributed by atoms with van der Waals surface area (Å²) in [6.07, 6.45) is 2.78. The van der Waals surface area contributed by atoms with Gasteiger partial charge in [0.1, 0.15) is 0 Å². The van der Waals surface area contributed by atoms with Gasteiger partial charge in [-0.1, -0.05) is 0 Å². The molecule has 4 heteroatoms. The number of rotatable bonds is 2. The van der Waals surface area contributed by atoms with Gasteiger partial charge in [0.05, 0.1) is 6.10 Å².